The zero-order valence-corrected chi connectivity index (χ0v) is 5.92. The number of methoxy groups -OCH3 is 1. The number of ketones is 1. The molecule has 0 atom stereocenters. The molecule has 0 amide bonds. The third-order valence-corrected chi connectivity index (χ3v) is 1.02. The van der Waals surface area contributed by atoms with Crippen LogP contribution in [0, 0.1) is 0 Å². The summed E-state index contributed by atoms with van der Waals surface area (Å²) in [5, 5.41) is 0. The summed E-state index contributed by atoms with van der Waals surface area (Å²) < 4.78 is 4.18. The monoisotopic (exact) mass is 145 g/mol. The van der Waals surface area contributed by atoms with Crippen LogP contribution in [0.1, 0.15) is 12.8 Å². The zero-order chi connectivity index (χ0) is 7.98. The minimum absolute atomic E-state index is 0.184. The van der Waals surface area contributed by atoms with Crippen LogP contribution >= 0.6 is 0 Å². The summed E-state index contributed by atoms with van der Waals surface area (Å²) in [6.07, 6.45) is 0.719. The molecule has 0 bridgehead atoms. The second-order valence-electron chi connectivity index (χ2n) is 1.81. The fourth-order valence-corrected chi connectivity index (χ4v) is 0.479. The molecule has 0 aliphatic carbocycles. The van der Waals surface area contributed by atoms with E-state index in [4.69, 9.17) is 5.73 Å². The molecule has 0 unspecified atom stereocenters. The molecule has 58 valence electrons. The van der Waals surface area contributed by atoms with Crippen LogP contribution in [-0.2, 0) is 14.3 Å². The standard InChI is InChI=1S/C6H11NO3/c1-10-6(9)5(8)3-2-4-7/h2-4,7H2,1H3. The van der Waals surface area contributed by atoms with Gasteiger partial charge in [0, 0.05) is 6.42 Å². The minimum atomic E-state index is -0.784. The summed E-state index contributed by atoms with van der Waals surface area (Å²) in [5.41, 5.74) is 5.11. The number of ether oxygens (including phenoxy) is 1. The first kappa shape index (κ1) is 9.10. The van der Waals surface area contributed by atoms with Crippen molar-refractivity contribution in [3.8, 4) is 0 Å². The summed E-state index contributed by atoms with van der Waals surface area (Å²) in [6, 6.07) is 0. The van der Waals surface area contributed by atoms with Crippen molar-refractivity contribution in [2.75, 3.05) is 13.7 Å². The maximum absolute atomic E-state index is 10.6. The smallest absolute Gasteiger partial charge is 0.374 e. The molecular formula is C6H11NO3. The van der Waals surface area contributed by atoms with E-state index in [9.17, 15) is 9.59 Å². The summed E-state index contributed by atoms with van der Waals surface area (Å²) in [4.78, 5) is 21.0. The third kappa shape index (κ3) is 3.19. The van der Waals surface area contributed by atoms with Gasteiger partial charge in [0.1, 0.15) is 0 Å². The molecule has 0 aromatic rings. The Kier molecular flexibility index (Phi) is 4.49. The second-order valence-corrected chi connectivity index (χ2v) is 1.81. The van der Waals surface area contributed by atoms with E-state index >= 15 is 0 Å². The Morgan fingerprint density at radius 3 is 2.50 bits per heavy atom. The maximum atomic E-state index is 10.6. The number of Topliss-reactive ketones (excluding diaryl/α,β-unsaturated/α-hetero) is 1. The van der Waals surface area contributed by atoms with Crippen molar-refractivity contribution >= 4 is 11.8 Å². The number of rotatable bonds is 4. The van der Waals surface area contributed by atoms with E-state index in [2.05, 4.69) is 4.74 Å². The van der Waals surface area contributed by atoms with Crippen LogP contribution < -0.4 is 5.73 Å². The molecule has 0 aromatic heterocycles. The first-order chi connectivity index (χ1) is 4.72. The summed E-state index contributed by atoms with van der Waals surface area (Å²) in [7, 11) is 1.18. The first-order valence-corrected chi connectivity index (χ1v) is 3.03. The van der Waals surface area contributed by atoms with Crippen molar-refractivity contribution < 1.29 is 14.3 Å². The van der Waals surface area contributed by atoms with Gasteiger partial charge in [0.25, 0.3) is 0 Å². The summed E-state index contributed by atoms with van der Waals surface area (Å²) in [5.74, 6) is -1.29. The van der Waals surface area contributed by atoms with Crippen molar-refractivity contribution in [3.63, 3.8) is 0 Å². The molecule has 4 nitrogen and oxygen atoms in total. The average Bonchev–Trinajstić information content (AvgIpc) is 1.98. The molecule has 10 heavy (non-hydrogen) atoms. The predicted molar refractivity (Wildman–Crippen MR) is 35.3 cm³/mol. The van der Waals surface area contributed by atoms with Gasteiger partial charge in [-0.2, -0.15) is 0 Å². The van der Waals surface area contributed by atoms with Gasteiger partial charge in [0.05, 0.1) is 7.11 Å². The lowest BCUT2D eigenvalue weighted by atomic mass is 10.2. The molecule has 2 N–H and O–H groups in total. The van der Waals surface area contributed by atoms with E-state index in [1.165, 1.54) is 7.11 Å². The average molecular weight is 145 g/mol. The van der Waals surface area contributed by atoms with E-state index in [0.29, 0.717) is 13.0 Å². The Bertz CT molecular complexity index is 133. The molecule has 0 heterocycles. The number of nitrogens with two attached hydrogens (primary N) is 1. The highest BCUT2D eigenvalue weighted by Gasteiger charge is 2.11. The van der Waals surface area contributed by atoms with E-state index < -0.39 is 11.8 Å². The first-order valence-electron chi connectivity index (χ1n) is 3.03. The van der Waals surface area contributed by atoms with Gasteiger partial charge < -0.3 is 10.5 Å². The van der Waals surface area contributed by atoms with Crippen molar-refractivity contribution in [1.29, 1.82) is 0 Å². The number of hydrogen-bond acceptors (Lipinski definition) is 4. The summed E-state index contributed by atoms with van der Waals surface area (Å²) >= 11 is 0. The third-order valence-electron chi connectivity index (χ3n) is 1.02. The normalized spacial score (nSPS) is 9.00. The lowest BCUT2D eigenvalue weighted by Gasteiger charge is -1.95. The maximum Gasteiger partial charge on any atom is 0.374 e. The van der Waals surface area contributed by atoms with Crippen molar-refractivity contribution in [2.24, 2.45) is 5.73 Å². The molecule has 0 radical (unpaired) electrons. The Morgan fingerprint density at radius 2 is 2.10 bits per heavy atom. The highest BCUT2D eigenvalue weighted by Crippen LogP contribution is 1.89. The topological polar surface area (TPSA) is 69.4 Å². The Hall–Kier alpha value is -0.900. The molecule has 4 heteroatoms. The van der Waals surface area contributed by atoms with Gasteiger partial charge in [-0.15, -0.1) is 0 Å². The van der Waals surface area contributed by atoms with E-state index in [0.717, 1.165) is 0 Å². The second kappa shape index (κ2) is 4.93. The van der Waals surface area contributed by atoms with Gasteiger partial charge in [0.15, 0.2) is 0 Å². The van der Waals surface area contributed by atoms with Crippen LogP contribution in [0.3, 0.4) is 0 Å². The van der Waals surface area contributed by atoms with Crippen LogP contribution in [0.4, 0.5) is 0 Å². The lowest BCUT2D eigenvalue weighted by molar-refractivity contribution is -0.151. The van der Waals surface area contributed by atoms with Crippen molar-refractivity contribution in [2.45, 2.75) is 12.8 Å². The van der Waals surface area contributed by atoms with Gasteiger partial charge in [-0.05, 0) is 13.0 Å². The number of carbonyl (C=O) groups excluding carboxylic acids is 2. The van der Waals surface area contributed by atoms with Crippen LogP contribution in [-0.4, -0.2) is 25.4 Å². The lowest BCUT2D eigenvalue weighted by Crippen LogP contribution is -2.16. The highest BCUT2D eigenvalue weighted by molar-refractivity contribution is 6.33. The molecule has 0 saturated carbocycles. The van der Waals surface area contributed by atoms with Crippen LogP contribution in [0.2, 0.25) is 0 Å². The minimum Gasteiger partial charge on any atom is -0.463 e. The number of hydrogen-bond donors (Lipinski definition) is 1. The van der Waals surface area contributed by atoms with Crippen molar-refractivity contribution in [3.05, 3.63) is 0 Å². The zero-order valence-electron chi connectivity index (χ0n) is 5.92. The molecule has 0 aliphatic heterocycles. The largest absolute Gasteiger partial charge is 0.463 e. The Balaban J connectivity index is 3.52. The molecule has 0 fully saturated rings. The van der Waals surface area contributed by atoms with Gasteiger partial charge in [-0.25, -0.2) is 4.79 Å². The van der Waals surface area contributed by atoms with Crippen molar-refractivity contribution in [1.82, 2.24) is 0 Å². The summed E-state index contributed by atoms with van der Waals surface area (Å²) in [6.45, 7) is 0.419. The Labute approximate surface area is 59.3 Å². The number of esters is 1. The van der Waals surface area contributed by atoms with Crippen LogP contribution in [0.5, 0.6) is 0 Å². The van der Waals surface area contributed by atoms with Gasteiger partial charge in [0.2, 0.25) is 5.78 Å². The molecule has 0 aromatic carbocycles. The molecule has 0 spiro atoms. The molecule has 0 saturated heterocycles. The SMILES string of the molecule is COC(=O)C(=O)CCCN. The molecule has 0 rings (SSSR count). The van der Waals surface area contributed by atoms with E-state index in [1.807, 2.05) is 0 Å². The van der Waals surface area contributed by atoms with Gasteiger partial charge in [-0.1, -0.05) is 0 Å². The highest BCUT2D eigenvalue weighted by atomic mass is 16.5. The van der Waals surface area contributed by atoms with E-state index in [-0.39, 0.29) is 6.42 Å². The fraction of sp³-hybridized carbons (Fsp3) is 0.667. The predicted octanol–water partition coefficient (Wildman–Crippen LogP) is -0.533. The van der Waals surface area contributed by atoms with Gasteiger partial charge in [-0.3, -0.25) is 4.79 Å². The van der Waals surface area contributed by atoms with Crippen LogP contribution in [0.25, 0.3) is 0 Å². The Morgan fingerprint density at radius 1 is 1.50 bits per heavy atom. The van der Waals surface area contributed by atoms with Gasteiger partial charge >= 0.3 is 5.97 Å². The van der Waals surface area contributed by atoms with E-state index in [1.54, 1.807) is 0 Å². The number of carbonyl (C=O) groups is 2. The van der Waals surface area contributed by atoms with Crippen LogP contribution in [0.15, 0.2) is 0 Å². The quantitative estimate of drug-likeness (QED) is 0.426. The molecular weight excluding hydrogens is 134 g/mol. The molecule has 0 aliphatic rings. The fourth-order valence-electron chi connectivity index (χ4n) is 0.479.